The molecule has 0 spiro atoms. The van der Waals surface area contributed by atoms with Gasteiger partial charge in [-0.2, -0.15) is 4.31 Å². The van der Waals surface area contributed by atoms with E-state index in [1.165, 1.54) is 16.4 Å². The Morgan fingerprint density at radius 2 is 1.77 bits per heavy atom. The van der Waals surface area contributed by atoms with Gasteiger partial charge in [-0.05, 0) is 49.5 Å². The molecule has 2 heterocycles. The lowest BCUT2D eigenvalue weighted by atomic mass is 10.1. The summed E-state index contributed by atoms with van der Waals surface area (Å²) >= 11 is 1.57. The van der Waals surface area contributed by atoms with Gasteiger partial charge in [-0.15, -0.1) is 11.8 Å². The first kappa shape index (κ1) is 21.8. The summed E-state index contributed by atoms with van der Waals surface area (Å²) < 4.78 is 27.1. The monoisotopic (exact) mass is 460 g/mol. The highest BCUT2D eigenvalue weighted by Gasteiger charge is 2.27. The molecule has 164 valence electrons. The van der Waals surface area contributed by atoms with E-state index in [9.17, 15) is 18.0 Å². The minimum absolute atomic E-state index is 0.0686. The second kappa shape index (κ2) is 8.99. The number of rotatable bonds is 4. The maximum Gasteiger partial charge on any atom is 0.255 e. The smallest absolute Gasteiger partial charge is 0.255 e. The zero-order valence-electron chi connectivity index (χ0n) is 17.1. The Morgan fingerprint density at radius 1 is 1.06 bits per heavy atom. The molecule has 10 heteroatoms. The van der Waals surface area contributed by atoms with Crippen molar-refractivity contribution < 1.29 is 18.0 Å². The zero-order chi connectivity index (χ0) is 22.0. The van der Waals surface area contributed by atoms with Crippen LogP contribution in [0.25, 0.3) is 0 Å². The summed E-state index contributed by atoms with van der Waals surface area (Å²) in [5, 5.41) is 5.61. The fraction of sp³-hybridized carbons (Fsp3) is 0.333. The molecule has 0 aliphatic carbocycles. The third-order valence-corrected chi connectivity index (χ3v) is 8.30. The van der Waals surface area contributed by atoms with Crippen LogP contribution in [0.2, 0.25) is 0 Å². The van der Waals surface area contributed by atoms with Crippen molar-refractivity contribution >= 4 is 45.0 Å². The number of fused-ring (bicyclic) bond motifs is 1. The van der Waals surface area contributed by atoms with Gasteiger partial charge in [-0.3, -0.25) is 9.59 Å². The van der Waals surface area contributed by atoms with Gasteiger partial charge in [0, 0.05) is 54.5 Å². The Kier molecular flexibility index (Phi) is 6.33. The number of sulfonamides is 1. The van der Waals surface area contributed by atoms with Crippen LogP contribution in [-0.2, 0) is 14.8 Å². The highest BCUT2D eigenvalue weighted by molar-refractivity contribution is 7.99. The largest absolute Gasteiger partial charge is 0.325 e. The lowest BCUT2D eigenvalue weighted by Gasteiger charge is -2.31. The van der Waals surface area contributed by atoms with Crippen molar-refractivity contribution in [2.24, 2.45) is 0 Å². The molecule has 8 nitrogen and oxygen atoms in total. The summed E-state index contributed by atoms with van der Waals surface area (Å²) in [6.07, 6.45) is 0.435. The van der Waals surface area contributed by atoms with E-state index in [1.807, 2.05) is 13.1 Å². The molecule has 0 saturated carbocycles. The molecule has 4 rings (SSSR count). The van der Waals surface area contributed by atoms with Crippen LogP contribution in [0.1, 0.15) is 16.8 Å². The quantitative estimate of drug-likeness (QED) is 0.727. The average molecular weight is 461 g/mol. The maximum atomic E-state index is 12.8. The van der Waals surface area contributed by atoms with Crippen LogP contribution in [-0.4, -0.2) is 68.4 Å². The molecular weight excluding hydrogens is 436 g/mol. The Morgan fingerprint density at radius 3 is 2.48 bits per heavy atom. The van der Waals surface area contributed by atoms with E-state index < -0.39 is 10.0 Å². The number of nitrogens with zero attached hydrogens (tertiary/aromatic N) is 2. The van der Waals surface area contributed by atoms with E-state index in [2.05, 4.69) is 15.5 Å². The van der Waals surface area contributed by atoms with E-state index in [0.717, 1.165) is 4.90 Å². The molecule has 0 unspecified atom stereocenters. The molecular formula is C21H24N4O4S2. The van der Waals surface area contributed by atoms with E-state index in [4.69, 9.17) is 0 Å². The van der Waals surface area contributed by atoms with Crippen LogP contribution < -0.4 is 10.6 Å². The first-order valence-electron chi connectivity index (χ1n) is 10.00. The number of thioether (sulfide) groups is 1. The third-order valence-electron chi connectivity index (χ3n) is 5.31. The normalized spacial score (nSPS) is 18.0. The molecule has 2 aromatic rings. The van der Waals surface area contributed by atoms with Gasteiger partial charge in [0.05, 0.1) is 10.6 Å². The highest BCUT2D eigenvalue weighted by Crippen LogP contribution is 2.31. The van der Waals surface area contributed by atoms with Crippen molar-refractivity contribution in [3.63, 3.8) is 0 Å². The molecule has 0 radical (unpaired) electrons. The number of anilines is 2. The topological polar surface area (TPSA) is 98.8 Å². The van der Waals surface area contributed by atoms with Crippen LogP contribution in [0.5, 0.6) is 0 Å². The van der Waals surface area contributed by atoms with Crippen LogP contribution in [0, 0.1) is 0 Å². The summed E-state index contributed by atoms with van der Waals surface area (Å²) in [6.45, 7) is 2.33. The first-order chi connectivity index (χ1) is 14.8. The number of amides is 2. The molecule has 0 bridgehead atoms. The number of piperazine rings is 1. The predicted molar refractivity (Wildman–Crippen MR) is 121 cm³/mol. The molecule has 2 aliphatic rings. The van der Waals surface area contributed by atoms with Crippen LogP contribution in [0.15, 0.2) is 52.3 Å². The molecule has 1 saturated heterocycles. The van der Waals surface area contributed by atoms with Crippen LogP contribution >= 0.6 is 11.8 Å². The van der Waals surface area contributed by atoms with E-state index in [1.54, 1.807) is 36.0 Å². The minimum Gasteiger partial charge on any atom is -0.325 e. The Bertz CT molecular complexity index is 1090. The zero-order valence-corrected chi connectivity index (χ0v) is 18.8. The molecule has 31 heavy (non-hydrogen) atoms. The van der Waals surface area contributed by atoms with Gasteiger partial charge in [0.2, 0.25) is 15.9 Å². The Balaban J connectivity index is 1.45. The number of benzene rings is 2. The van der Waals surface area contributed by atoms with E-state index in [-0.39, 0.29) is 16.7 Å². The lowest BCUT2D eigenvalue weighted by Crippen LogP contribution is -2.46. The SMILES string of the molecule is CN1CCN(S(=O)(=O)c2ccc(NC(=O)c3ccc4c(c3)NC(=O)CCS4)cc2)CC1. The number of carbonyl (C=O) groups is 2. The highest BCUT2D eigenvalue weighted by atomic mass is 32.2. The van der Waals surface area contributed by atoms with Gasteiger partial charge in [-0.1, -0.05) is 0 Å². The van der Waals surface area contributed by atoms with Crippen molar-refractivity contribution in [3.05, 3.63) is 48.0 Å². The van der Waals surface area contributed by atoms with E-state index in [0.29, 0.717) is 55.3 Å². The first-order valence-corrected chi connectivity index (χ1v) is 12.4. The number of likely N-dealkylation sites (N-methyl/N-ethyl adjacent to an activating group) is 1. The molecule has 0 aromatic heterocycles. The second-order valence-electron chi connectivity index (χ2n) is 7.54. The summed E-state index contributed by atoms with van der Waals surface area (Å²) in [6, 6.07) is 11.4. The predicted octanol–water partition coefficient (Wildman–Crippen LogP) is 2.31. The fourth-order valence-corrected chi connectivity index (χ4v) is 5.81. The van der Waals surface area contributed by atoms with Crippen molar-refractivity contribution in [1.29, 1.82) is 0 Å². The molecule has 2 amide bonds. The molecule has 2 aromatic carbocycles. The van der Waals surface area contributed by atoms with Gasteiger partial charge in [-0.25, -0.2) is 8.42 Å². The summed E-state index contributed by atoms with van der Waals surface area (Å²) in [4.78, 5) is 27.7. The number of nitrogens with one attached hydrogen (secondary N) is 2. The van der Waals surface area contributed by atoms with Crippen LogP contribution in [0.4, 0.5) is 11.4 Å². The Labute approximate surface area is 186 Å². The van der Waals surface area contributed by atoms with Gasteiger partial charge in [0.15, 0.2) is 0 Å². The van der Waals surface area contributed by atoms with Gasteiger partial charge in [0.1, 0.15) is 0 Å². The van der Waals surface area contributed by atoms with Gasteiger partial charge in [0.25, 0.3) is 5.91 Å². The van der Waals surface area contributed by atoms with E-state index >= 15 is 0 Å². The third kappa shape index (κ3) is 4.93. The number of carbonyl (C=O) groups excluding carboxylic acids is 2. The average Bonchev–Trinajstić information content (AvgIpc) is 2.94. The minimum atomic E-state index is -3.55. The lowest BCUT2D eigenvalue weighted by molar-refractivity contribution is -0.115. The van der Waals surface area contributed by atoms with Crippen molar-refractivity contribution in [2.75, 3.05) is 49.6 Å². The van der Waals surface area contributed by atoms with Crippen molar-refractivity contribution in [2.45, 2.75) is 16.2 Å². The van der Waals surface area contributed by atoms with Crippen molar-refractivity contribution in [1.82, 2.24) is 9.21 Å². The van der Waals surface area contributed by atoms with Gasteiger partial charge >= 0.3 is 0 Å². The fourth-order valence-electron chi connectivity index (χ4n) is 3.45. The number of hydrogen-bond donors (Lipinski definition) is 2. The number of hydrogen-bond acceptors (Lipinski definition) is 6. The summed E-state index contributed by atoms with van der Waals surface area (Å²) in [7, 11) is -1.58. The van der Waals surface area contributed by atoms with Crippen LogP contribution in [0.3, 0.4) is 0 Å². The molecule has 2 N–H and O–H groups in total. The molecule has 1 fully saturated rings. The standard InChI is InChI=1S/C21H24N4O4S2/c1-24-9-11-25(12-10-24)31(28,29)17-5-3-16(4-6-17)22-21(27)15-2-7-19-18(14-15)23-20(26)8-13-30-19/h2-7,14H,8-13H2,1H3,(H,22,27)(H,23,26). The maximum absolute atomic E-state index is 12.8. The summed E-state index contributed by atoms with van der Waals surface area (Å²) in [5.74, 6) is 0.301. The Hall–Kier alpha value is -2.40. The van der Waals surface area contributed by atoms with Crippen molar-refractivity contribution in [3.8, 4) is 0 Å². The molecule has 0 atom stereocenters. The van der Waals surface area contributed by atoms with Gasteiger partial charge < -0.3 is 15.5 Å². The second-order valence-corrected chi connectivity index (χ2v) is 10.6. The summed E-state index contributed by atoms with van der Waals surface area (Å²) in [5.41, 5.74) is 1.54. The molecule has 2 aliphatic heterocycles.